The van der Waals surface area contributed by atoms with E-state index in [9.17, 15) is 22.4 Å². The fourth-order valence-electron chi connectivity index (χ4n) is 1.40. The molecule has 0 spiro atoms. The second-order valence-corrected chi connectivity index (χ2v) is 3.49. The standard InChI is InChI=1S/C11H11F4NO2/c12-7-1-2-8(9(13)5-7)11(18)16(3-4-17)6-10(14)15/h1-2,5,10,17H,3-4,6H2. The Bertz CT molecular complexity index is 426. The number of aliphatic hydroxyl groups excluding tert-OH is 1. The summed E-state index contributed by atoms with van der Waals surface area (Å²) in [7, 11) is 0. The molecule has 0 aliphatic rings. The van der Waals surface area contributed by atoms with Crippen LogP contribution >= 0.6 is 0 Å². The fraction of sp³-hybridized carbons (Fsp3) is 0.364. The van der Waals surface area contributed by atoms with Crippen molar-refractivity contribution in [3.05, 3.63) is 35.4 Å². The Morgan fingerprint density at radius 1 is 1.33 bits per heavy atom. The second-order valence-electron chi connectivity index (χ2n) is 3.49. The molecule has 1 rings (SSSR count). The van der Waals surface area contributed by atoms with Crippen molar-refractivity contribution in [1.29, 1.82) is 0 Å². The van der Waals surface area contributed by atoms with Gasteiger partial charge in [0.1, 0.15) is 11.6 Å². The number of hydrogen-bond acceptors (Lipinski definition) is 2. The van der Waals surface area contributed by atoms with Crippen LogP contribution in [0.5, 0.6) is 0 Å². The Kier molecular flexibility index (Phi) is 5.08. The molecule has 0 saturated heterocycles. The molecule has 0 saturated carbocycles. The first-order valence-electron chi connectivity index (χ1n) is 5.09. The Morgan fingerprint density at radius 3 is 2.50 bits per heavy atom. The lowest BCUT2D eigenvalue weighted by molar-refractivity contribution is 0.0505. The zero-order valence-electron chi connectivity index (χ0n) is 9.25. The molecule has 1 amide bonds. The van der Waals surface area contributed by atoms with Gasteiger partial charge in [0.05, 0.1) is 18.7 Å². The summed E-state index contributed by atoms with van der Waals surface area (Å²) in [6.07, 6.45) is -2.80. The maximum absolute atomic E-state index is 13.3. The summed E-state index contributed by atoms with van der Waals surface area (Å²) in [4.78, 5) is 12.3. The molecular weight excluding hydrogens is 254 g/mol. The third-order valence-corrected chi connectivity index (χ3v) is 2.18. The minimum Gasteiger partial charge on any atom is -0.395 e. The van der Waals surface area contributed by atoms with E-state index in [0.29, 0.717) is 11.0 Å². The van der Waals surface area contributed by atoms with Crippen LogP contribution in [-0.2, 0) is 0 Å². The van der Waals surface area contributed by atoms with E-state index in [1.807, 2.05) is 0 Å². The number of hydrogen-bond donors (Lipinski definition) is 1. The highest BCUT2D eigenvalue weighted by Crippen LogP contribution is 2.13. The predicted molar refractivity (Wildman–Crippen MR) is 55.4 cm³/mol. The highest BCUT2D eigenvalue weighted by molar-refractivity contribution is 5.94. The molecule has 0 bridgehead atoms. The van der Waals surface area contributed by atoms with Crippen molar-refractivity contribution in [2.24, 2.45) is 0 Å². The Labute approximate surface area is 101 Å². The van der Waals surface area contributed by atoms with Crippen LogP contribution < -0.4 is 0 Å². The van der Waals surface area contributed by atoms with Crippen LogP contribution in [-0.4, -0.2) is 42.0 Å². The average Bonchev–Trinajstić information content (AvgIpc) is 2.27. The number of carbonyl (C=O) groups excluding carboxylic acids is 1. The molecule has 0 radical (unpaired) electrons. The van der Waals surface area contributed by atoms with Crippen LogP contribution in [0, 0.1) is 11.6 Å². The molecule has 0 aliphatic heterocycles. The average molecular weight is 265 g/mol. The van der Waals surface area contributed by atoms with Gasteiger partial charge in [0.15, 0.2) is 0 Å². The minimum atomic E-state index is -2.80. The molecule has 0 unspecified atom stereocenters. The molecule has 0 fully saturated rings. The maximum atomic E-state index is 13.3. The van der Waals surface area contributed by atoms with Crippen molar-refractivity contribution in [3.8, 4) is 0 Å². The van der Waals surface area contributed by atoms with Crippen molar-refractivity contribution < 1.29 is 27.5 Å². The molecule has 18 heavy (non-hydrogen) atoms. The van der Waals surface area contributed by atoms with Crippen molar-refractivity contribution in [1.82, 2.24) is 4.90 Å². The summed E-state index contributed by atoms with van der Waals surface area (Å²) >= 11 is 0. The summed E-state index contributed by atoms with van der Waals surface area (Å²) in [6, 6.07) is 2.23. The van der Waals surface area contributed by atoms with Gasteiger partial charge in [-0.15, -0.1) is 0 Å². The lowest BCUT2D eigenvalue weighted by Crippen LogP contribution is -2.37. The second kappa shape index (κ2) is 6.34. The van der Waals surface area contributed by atoms with Gasteiger partial charge in [0, 0.05) is 12.6 Å². The third-order valence-electron chi connectivity index (χ3n) is 2.18. The van der Waals surface area contributed by atoms with Crippen molar-refractivity contribution in [3.63, 3.8) is 0 Å². The minimum absolute atomic E-state index is 0.347. The molecule has 0 aromatic heterocycles. The van der Waals surface area contributed by atoms with E-state index in [-0.39, 0.29) is 6.54 Å². The molecular formula is C11H11F4NO2. The Hall–Kier alpha value is -1.63. The number of rotatable bonds is 5. The SMILES string of the molecule is O=C(c1ccc(F)cc1F)N(CCO)CC(F)F. The highest BCUT2D eigenvalue weighted by Gasteiger charge is 2.22. The van der Waals surface area contributed by atoms with Crippen LogP contribution in [0.2, 0.25) is 0 Å². The highest BCUT2D eigenvalue weighted by atomic mass is 19.3. The smallest absolute Gasteiger partial charge is 0.257 e. The number of aliphatic hydroxyl groups is 1. The van der Waals surface area contributed by atoms with Crippen LogP contribution in [0.15, 0.2) is 18.2 Å². The molecule has 3 nitrogen and oxygen atoms in total. The van der Waals surface area contributed by atoms with Gasteiger partial charge in [-0.3, -0.25) is 4.79 Å². The lowest BCUT2D eigenvalue weighted by atomic mass is 10.2. The number of nitrogens with zero attached hydrogens (tertiary/aromatic N) is 1. The number of halogens is 4. The molecule has 1 aromatic carbocycles. The Morgan fingerprint density at radius 2 is 2.00 bits per heavy atom. The lowest BCUT2D eigenvalue weighted by Gasteiger charge is -2.21. The number of amides is 1. The molecule has 0 aliphatic carbocycles. The number of alkyl halides is 2. The molecule has 0 atom stereocenters. The first-order chi connectivity index (χ1) is 8.45. The normalized spacial score (nSPS) is 10.8. The molecule has 7 heteroatoms. The molecule has 1 aromatic rings. The summed E-state index contributed by atoms with van der Waals surface area (Å²) < 4.78 is 50.4. The summed E-state index contributed by atoms with van der Waals surface area (Å²) in [5, 5.41) is 8.67. The van der Waals surface area contributed by atoms with Gasteiger partial charge in [-0.1, -0.05) is 0 Å². The monoisotopic (exact) mass is 265 g/mol. The summed E-state index contributed by atoms with van der Waals surface area (Å²) in [6.45, 7) is -1.79. The topological polar surface area (TPSA) is 40.5 Å². The van der Waals surface area contributed by atoms with Gasteiger partial charge in [-0.25, -0.2) is 17.6 Å². The summed E-state index contributed by atoms with van der Waals surface area (Å²) in [5.41, 5.74) is -0.509. The quantitative estimate of drug-likeness (QED) is 0.823. The first kappa shape index (κ1) is 14.4. The zero-order valence-corrected chi connectivity index (χ0v) is 9.25. The van der Waals surface area contributed by atoms with E-state index >= 15 is 0 Å². The van der Waals surface area contributed by atoms with Crippen LogP contribution in [0.3, 0.4) is 0 Å². The van der Waals surface area contributed by atoms with E-state index in [1.165, 1.54) is 0 Å². The van der Waals surface area contributed by atoms with Crippen LogP contribution in [0.1, 0.15) is 10.4 Å². The van der Waals surface area contributed by atoms with Gasteiger partial charge >= 0.3 is 0 Å². The van der Waals surface area contributed by atoms with Gasteiger partial charge in [0.2, 0.25) is 0 Å². The molecule has 0 heterocycles. The first-order valence-corrected chi connectivity index (χ1v) is 5.09. The van der Waals surface area contributed by atoms with Gasteiger partial charge in [-0.2, -0.15) is 0 Å². The van der Waals surface area contributed by atoms with Crippen LogP contribution in [0.25, 0.3) is 0 Å². The number of carbonyl (C=O) groups is 1. The predicted octanol–water partition coefficient (Wildman–Crippen LogP) is 1.66. The number of benzene rings is 1. The zero-order chi connectivity index (χ0) is 13.7. The van der Waals surface area contributed by atoms with E-state index in [0.717, 1.165) is 12.1 Å². The van der Waals surface area contributed by atoms with Crippen molar-refractivity contribution in [2.75, 3.05) is 19.7 Å². The van der Waals surface area contributed by atoms with Gasteiger partial charge in [-0.05, 0) is 12.1 Å². The fourth-order valence-corrected chi connectivity index (χ4v) is 1.40. The summed E-state index contributed by atoms with van der Waals surface area (Å²) in [5.74, 6) is -3.01. The molecule has 1 N–H and O–H groups in total. The third kappa shape index (κ3) is 3.69. The Balaban J connectivity index is 2.94. The largest absolute Gasteiger partial charge is 0.395 e. The van der Waals surface area contributed by atoms with E-state index in [4.69, 9.17) is 5.11 Å². The van der Waals surface area contributed by atoms with Gasteiger partial charge < -0.3 is 10.0 Å². The van der Waals surface area contributed by atoms with Crippen LogP contribution in [0.4, 0.5) is 17.6 Å². The van der Waals surface area contributed by atoms with E-state index in [1.54, 1.807) is 0 Å². The van der Waals surface area contributed by atoms with E-state index in [2.05, 4.69) is 0 Å². The van der Waals surface area contributed by atoms with Gasteiger partial charge in [0.25, 0.3) is 12.3 Å². The molecule has 100 valence electrons. The van der Waals surface area contributed by atoms with Crippen molar-refractivity contribution >= 4 is 5.91 Å². The maximum Gasteiger partial charge on any atom is 0.257 e. The van der Waals surface area contributed by atoms with Crippen molar-refractivity contribution in [2.45, 2.75) is 6.43 Å². The van der Waals surface area contributed by atoms with E-state index < -0.39 is 42.7 Å².